The lowest BCUT2D eigenvalue weighted by atomic mass is 10.3. The fourth-order valence-corrected chi connectivity index (χ4v) is 0.979. The molecule has 11 heteroatoms. The number of phosphoric ester groups is 1. The summed E-state index contributed by atoms with van der Waals surface area (Å²) in [6, 6.07) is -1.10. The summed E-state index contributed by atoms with van der Waals surface area (Å²) in [4.78, 5) is 27.0. The van der Waals surface area contributed by atoms with Crippen LogP contribution in [0.1, 0.15) is 6.92 Å². The molecule has 0 bridgehead atoms. The number of aliphatic carboxylic acids is 1. The maximum absolute atomic E-state index is 10.4. The van der Waals surface area contributed by atoms with Gasteiger partial charge in [0.2, 0.25) is 0 Å². The van der Waals surface area contributed by atoms with Gasteiger partial charge in [0.1, 0.15) is 6.04 Å². The Morgan fingerprint density at radius 1 is 1.53 bits per heavy atom. The number of carboxylic acids is 1. The highest BCUT2D eigenvalue weighted by Gasteiger charge is 2.22. The first kappa shape index (κ1) is 18.2. The number of rotatable bonds is 6. The van der Waals surface area contributed by atoms with Crippen molar-refractivity contribution in [1.82, 2.24) is 5.32 Å². The minimum atomic E-state index is -4.59. The zero-order chi connectivity index (χ0) is 14.1. The second-order valence-electron chi connectivity index (χ2n) is 2.69. The minimum Gasteiger partial charge on any atom is -0.480 e. The van der Waals surface area contributed by atoms with E-state index >= 15 is 0 Å². The molecule has 0 aromatic carbocycles. The molecular weight excluding hydrogens is 255 g/mol. The molecule has 0 aromatic rings. The average molecular weight is 272 g/mol. The van der Waals surface area contributed by atoms with Crippen LogP contribution in [0.15, 0.2) is 0 Å². The van der Waals surface area contributed by atoms with Gasteiger partial charge in [-0.15, -0.1) is 0 Å². The van der Waals surface area contributed by atoms with Gasteiger partial charge >= 0.3 is 13.8 Å². The molecule has 0 aromatic heterocycles. The van der Waals surface area contributed by atoms with Crippen LogP contribution in [0, 0.1) is 5.41 Å². The quantitative estimate of drug-likeness (QED) is 0.162. The smallest absolute Gasteiger partial charge is 0.469 e. The first-order valence-corrected chi connectivity index (χ1v) is 5.89. The molecule has 0 unspecified atom stereocenters. The number of carbonyl (C=O) groups is 1. The number of hydrogen-bond donors (Lipinski definition) is 7. The Balaban J connectivity index is 0. The highest BCUT2D eigenvalue weighted by molar-refractivity contribution is 7.46. The molecule has 0 rings (SSSR count). The van der Waals surface area contributed by atoms with Crippen LogP contribution < -0.4 is 16.8 Å². The van der Waals surface area contributed by atoms with Gasteiger partial charge in [-0.25, -0.2) is 4.57 Å². The molecule has 102 valence electrons. The number of carboxylic acid groups (broad SMARTS) is 1. The van der Waals surface area contributed by atoms with Gasteiger partial charge in [0.25, 0.3) is 0 Å². The average Bonchev–Trinajstić information content (AvgIpc) is 2.09. The molecule has 0 heterocycles. The van der Waals surface area contributed by atoms with E-state index in [2.05, 4.69) is 21.3 Å². The van der Waals surface area contributed by atoms with E-state index in [1.807, 2.05) is 0 Å². The Bertz CT molecular complexity index is 288. The number of nitrogens with one attached hydrogen (secondary N) is 2. The van der Waals surface area contributed by atoms with Crippen LogP contribution in [0.3, 0.4) is 0 Å². The Morgan fingerprint density at radius 3 is 2.18 bits per heavy atom. The van der Waals surface area contributed by atoms with Crippen LogP contribution in [0.2, 0.25) is 0 Å². The maximum Gasteiger partial charge on any atom is 0.469 e. The van der Waals surface area contributed by atoms with E-state index in [4.69, 9.17) is 20.3 Å². The topological polar surface area (TPSA) is 192 Å². The van der Waals surface area contributed by atoms with Crippen LogP contribution in [0.4, 0.5) is 0 Å². The summed E-state index contributed by atoms with van der Waals surface area (Å²) in [6.07, 6.45) is 0. The largest absolute Gasteiger partial charge is 0.480 e. The lowest BCUT2D eigenvalue weighted by Crippen LogP contribution is -2.40. The van der Waals surface area contributed by atoms with Crippen LogP contribution >= 0.6 is 7.82 Å². The molecule has 0 radical (unpaired) electrons. The Morgan fingerprint density at radius 2 is 1.94 bits per heavy atom. The van der Waals surface area contributed by atoms with Gasteiger partial charge in [0.15, 0.2) is 5.96 Å². The molecule has 10 nitrogen and oxygen atoms in total. The first-order chi connectivity index (χ1) is 7.60. The van der Waals surface area contributed by atoms with Crippen molar-refractivity contribution in [2.45, 2.75) is 13.0 Å². The number of guanidine groups is 1. The van der Waals surface area contributed by atoms with E-state index in [9.17, 15) is 9.36 Å². The Labute approximate surface area is 97.7 Å². The highest BCUT2D eigenvalue weighted by atomic mass is 31.2. The summed E-state index contributed by atoms with van der Waals surface area (Å²) < 4.78 is 14.2. The van der Waals surface area contributed by atoms with Crippen molar-refractivity contribution in [3.05, 3.63) is 0 Å². The van der Waals surface area contributed by atoms with Crippen LogP contribution in [0.25, 0.3) is 0 Å². The Kier molecular flexibility index (Phi) is 9.52. The van der Waals surface area contributed by atoms with E-state index in [-0.39, 0.29) is 5.96 Å². The third kappa shape index (κ3) is 17.4. The molecule has 0 fully saturated rings. The maximum atomic E-state index is 10.4. The predicted molar refractivity (Wildman–Crippen MR) is 59.2 cm³/mol. The van der Waals surface area contributed by atoms with Gasteiger partial charge < -0.3 is 31.7 Å². The number of likely N-dealkylation sites (N-methyl/N-ethyl adjacent to an activating group) is 1. The van der Waals surface area contributed by atoms with Crippen LogP contribution in [-0.2, 0) is 13.9 Å². The molecular formula is C6H17N4O6P. The van der Waals surface area contributed by atoms with Gasteiger partial charge in [-0.05, 0) is 6.54 Å². The molecule has 0 aliphatic heterocycles. The van der Waals surface area contributed by atoms with Gasteiger partial charge in [-0.3, -0.25) is 14.7 Å². The lowest BCUT2D eigenvalue weighted by Gasteiger charge is -2.13. The summed E-state index contributed by atoms with van der Waals surface area (Å²) in [5.74, 6) is -1.55. The summed E-state index contributed by atoms with van der Waals surface area (Å²) in [5, 5.41) is 17.0. The fourth-order valence-electron chi connectivity index (χ4n) is 0.636. The van der Waals surface area contributed by atoms with E-state index in [1.165, 1.54) is 0 Å². The lowest BCUT2D eigenvalue weighted by molar-refractivity contribution is -0.140. The van der Waals surface area contributed by atoms with Crippen molar-refractivity contribution in [3.63, 3.8) is 0 Å². The monoisotopic (exact) mass is 272 g/mol. The van der Waals surface area contributed by atoms with Crippen molar-refractivity contribution in [2.75, 3.05) is 13.2 Å². The number of phosphoric acid groups is 1. The summed E-state index contributed by atoms with van der Waals surface area (Å²) in [7, 11) is -4.59. The second kappa shape index (κ2) is 8.90. The first-order valence-electron chi connectivity index (χ1n) is 4.36. The van der Waals surface area contributed by atoms with E-state index in [0.29, 0.717) is 6.54 Å². The van der Waals surface area contributed by atoms with Gasteiger partial charge in [0, 0.05) is 0 Å². The zero-order valence-electron chi connectivity index (χ0n) is 9.16. The van der Waals surface area contributed by atoms with Crippen LogP contribution in [0.5, 0.6) is 0 Å². The van der Waals surface area contributed by atoms with E-state index in [1.54, 1.807) is 6.92 Å². The van der Waals surface area contributed by atoms with Gasteiger partial charge in [0.05, 0.1) is 6.61 Å². The molecule has 0 saturated heterocycles. The molecule has 0 spiro atoms. The molecule has 17 heavy (non-hydrogen) atoms. The highest BCUT2D eigenvalue weighted by Crippen LogP contribution is 2.35. The number of nitrogens with two attached hydrogens (primary N) is 2. The van der Waals surface area contributed by atoms with E-state index in [0.717, 1.165) is 0 Å². The molecule has 9 N–H and O–H groups in total. The standard InChI is InChI=1S/C5H12NO6P.CH5N3/c1-2-6-4(5(7)8)3-12-13(9,10)11;2-1(3)4/h4,6H,2-3H2,1H3,(H,7,8)(H2,9,10,11);(H5,2,3,4)/t4-;/m0./s1. The third-order valence-corrected chi connectivity index (χ3v) is 1.64. The SMILES string of the molecule is CCN[C@@H](COP(=O)(O)O)C(=O)O.N=C(N)N. The van der Waals surface area contributed by atoms with Crippen molar-refractivity contribution >= 4 is 19.8 Å². The molecule has 0 aliphatic carbocycles. The number of hydrogen-bond acceptors (Lipinski definition) is 5. The normalized spacial score (nSPS) is 12.2. The van der Waals surface area contributed by atoms with Crippen molar-refractivity contribution in [2.24, 2.45) is 11.5 Å². The van der Waals surface area contributed by atoms with Crippen molar-refractivity contribution in [1.29, 1.82) is 5.41 Å². The van der Waals surface area contributed by atoms with E-state index < -0.39 is 26.4 Å². The molecule has 0 amide bonds. The predicted octanol–water partition coefficient (Wildman–Crippen LogP) is -2.00. The summed E-state index contributed by atoms with van der Waals surface area (Å²) >= 11 is 0. The van der Waals surface area contributed by atoms with Crippen molar-refractivity contribution < 1.29 is 28.8 Å². The Hall–Kier alpha value is -1.19. The van der Waals surface area contributed by atoms with Crippen LogP contribution in [-0.4, -0.2) is 46.0 Å². The summed E-state index contributed by atoms with van der Waals surface area (Å²) in [5.41, 5.74) is 8.94. The zero-order valence-corrected chi connectivity index (χ0v) is 10.1. The minimum absolute atomic E-state index is 0.333. The molecule has 0 aliphatic rings. The van der Waals surface area contributed by atoms with Crippen molar-refractivity contribution in [3.8, 4) is 0 Å². The van der Waals surface area contributed by atoms with Gasteiger partial charge in [-0.2, -0.15) is 0 Å². The molecule has 0 saturated carbocycles. The third-order valence-electron chi connectivity index (χ3n) is 1.16. The fraction of sp³-hybridized carbons (Fsp3) is 0.667. The second-order valence-corrected chi connectivity index (χ2v) is 3.93. The van der Waals surface area contributed by atoms with Gasteiger partial charge in [-0.1, -0.05) is 6.92 Å². The molecule has 1 atom stereocenters. The summed E-state index contributed by atoms with van der Waals surface area (Å²) in [6.45, 7) is 1.49.